The summed E-state index contributed by atoms with van der Waals surface area (Å²) < 4.78 is 53.9. The quantitative estimate of drug-likeness (QED) is 0.138. The van der Waals surface area contributed by atoms with Crippen LogP contribution in [-0.2, 0) is 39.6 Å². The zero-order chi connectivity index (χ0) is 53.8. The number of nitrogens with zero attached hydrogens (tertiary/aromatic N) is 5. The third-order valence-corrected chi connectivity index (χ3v) is 16.3. The number of aromatic carboxylic acids is 1. The smallest absolute Gasteiger partial charge is 0.335 e. The van der Waals surface area contributed by atoms with Gasteiger partial charge in [0.2, 0.25) is 0 Å². The number of hydrogen-bond acceptors (Lipinski definition) is 17. The number of hydrogen-bond donors (Lipinski definition) is 6. The number of carbonyl (C=O) groups is 2. The molecule has 20 atom stereocenters. The second-order valence-corrected chi connectivity index (χ2v) is 22.0. The number of aromatic nitrogens is 3. The van der Waals surface area contributed by atoms with Crippen LogP contribution in [0.15, 0.2) is 30.5 Å². The van der Waals surface area contributed by atoms with Crippen molar-refractivity contribution in [3.05, 3.63) is 47.3 Å². The van der Waals surface area contributed by atoms with Crippen LogP contribution in [0, 0.1) is 23.7 Å². The highest BCUT2D eigenvalue weighted by atomic mass is 19.1. The van der Waals surface area contributed by atoms with Crippen molar-refractivity contribution in [3.63, 3.8) is 0 Å². The Kier molecular flexibility index (Phi) is 20.4. The Labute approximate surface area is 425 Å². The first kappa shape index (κ1) is 59.6. The van der Waals surface area contributed by atoms with Gasteiger partial charge in [0, 0.05) is 64.3 Å². The van der Waals surface area contributed by atoms with E-state index in [1.807, 2.05) is 44.7 Å². The van der Waals surface area contributed by atoms with Gasteiger partial charge in [-0.2, -0.15) is 0 Å². The number of esters is 1. The van der Waals surface area contributed by atoms with Crippen LogP contribution in [0.3, 0.4) is 0 Å². The minimum absolute atomic E-state index is 0.0924. The van der Waals surface area contributed by atoms with Crippen LogP contribution >= 0.6 is 0 Å². The fourth-order valence-electron chi connectivity index (χ4n) is 11.9. The van der Waals surface area contributed by atoms with Crippen molar-refractivity contribution in [3.8, 4) is 0 Å². The number of methoxy groups -OCH3 is 2. The average Bonchev–Trinajstić information content (AvgIpc) is 3.80. The third-order valence-electron chi connectivity index (χ3n) is 16.3. The SMILES string of the molecule is CC[C@H]1OC(=O)[C@H](C)C([C@H]2C[C@@](C)(OC)[C@@H](O)[C@H](C)O2)[C@H](C)[C@@H](O[C@@H]2O[C@H](C)C[C@H](N(C)CCc3cn([C@H](CF)[C@H](OC)c4ccc(C(=O)O)cc4)nn3)[C@H]2O)[C@](C)(O)C[C@@H](C)CN(C)[C@H](C)[C@@H](O)[C@]1(C)O. The van der Waals surface area contributed by atoms with Crippen molar-refractivity contribution in [2.75, 3.05) is 48.1 Å². The summed E-state index contributed by atoms with van der Waals surface area (Å²) in [6.45, 7) is 17.7. The monoisotopic (exact) mass is 1020 g/mol. The molecule has 0 aliphatic carbocycles. The first-order valence-electron chi connectivity index (χ1n) is 25.6. The van der Waals surface area contributed by atoms with E-state index < -0.39 is 133 Å². The molecule has 0 spiro atoms. The largest absolute Gasteiger partial charge is 0.478 e. The number of ether oxygens (including phenoxy) is 6. The maximum atomic E-state index is 14.7. The molecule has 410 valence electrons. The van der Waals surface area contributed by atoms with Gasteiger partial charge in [-0.3, -0.25) is 4.79 Å². The van der Waals surface area contributed by atoms with Crippen molar-refractivity contribution < 1.29 is 73.0 Å². The summed E-state index contributed by atoms with van der Waals surface area (Å²) >= 11 is 0. The third kappa shape index (κ3) is 13.2. The number of aliphatic hydroxyl groups is 5. The lowest BCUT2D eigenvalue weighted by molar-refractivity contribution is -0.302. The number of aliphatic hydroxyl groups excluding tert-OH is 3. The Morgan fingerprint density at radius 1 is 1.00 bits per heavy atom. The molecule has 1 aromatic heterocycles. The Hall–Kier alpha value is -3.25. The van der Waals surface area contributed by atoms with Gasteiger partial charge in [0.05, 0.1) is 52.8 Å². The van der Waals surface area contributed by atoms with Crippen LogP contribution in [-0.4, -0.2) is 199 Å². The van der Waals surface area contributed by atoms with Gasteiger partial charge < -0.3 is 68.9 Å². The highest BCUT2D eigenvalue weighted by Crippen LogP contribution is 2.45. The molecule has 72 heavy (non-hydrogen) atoms. The van der Waals surface area contributed by atoms with E-state index in [0.29, 0.717) is 37.2 Å². The zero-order valence-corrected chi connectivity index (χ0v) is 44.9. The molecule has 20 heteroatoms. The highest BCUT2D eigenvalue weighted by Gasteiger charge is 2.55. The van der Waals surface area contributed by atoms with Crippen molar-refractivity contribution in [2.45, 2.75) is 197 Å². The number of likely N-dealkylation sites (N-methyl/N-ethyl adjacent to an activating group) is 2. The molecule has 2 aromatic rings. The Morgan fingerprint density at radius 2 is 1.65 bits per heavy atom. The summed E-state index contributed by atoms with van der Waals surface area (Å²) in [5.74, 6) is -4.40. The van der Waals surface area contributed by atoms with E-state index >= 15 is 0 Å². The first-order chi connectivity index (χ1) is 33.6. The summed E-state index contributed by atoms with van der Waals surface area (Å²) in [5.41, 5.74) is -3.33. The predicted octanol–water partition coefficient (Wildman–Crippen LogP) is 3.98. The number of carboxylic acids is 1. The number of alkyl halides is 1. The van der Waals surface area contributed by atoms with Crippen LogP contribution in [0.1, 0.15) is 129 Å². The van der Waals surface area contributed by atoms with Crippen molar-refractivity contribution >= 4 is 11.9 Å². The van der Waals surface area contributed by atoms with E-state index in [1.165, 1.54) is 38.0 Å². The summed E-state index contributed by atoms with van der Waals surface area (Å²) in [6.07, 6.45) is -6.69. The molecular formula is C52H86FN5O14. The van der Waals surface area contributed by atoms with E-state index in [4.69, 9.17) is 28.4 Å². The Balaban J connectivity index is 1.46. The van der Waals surface area contributed by atoms with Crippen LogP contribution in [0.5, 0.6) is 0 Å². The van der Waals surface area contributed by atoms with E-state index in [9.17, 15) is 44.6 Å². The second kappa shape index (κ2) is 24.6. The number of cyclic esters (lactones) is 1. The number of halogens is 1. The molecular weight excluding hydrogens is 938 g/mol. The maximum Gasteiger partial charge on any atom is 0.335 e. The number of rotatable bonds is 15. The van der Waals surface area contributed by atoms with Crippen LogP contribution in [0.25, 0.3) is 0 Å². The van der Waals surface area contributed by atoms with E-state index in [1.54, 1.807) is 59.9 Å². The van der Waals surface area contributed by atoms with Crippen LogP contribution < -0.4 is 0 Å². The first-order valence-corrected chi connectivity index (χ1v) is 25.6. The van der Waals surface area contributed by atoms with Crippen molar-refractivity contribution in [1.29, 1.82) is 0 Å². The number of benzene rings is 1. The number of carboxylic acid groups (broad SMARTS) is 1. The number of carbonyl (C=O) groups excluding carboxylic acids is 1. The summed E-state index contributed by atoms with van der Waals surface area (Å²) in [5, 5.41) is 78.0. The fourth-order valence-corrected chi connectivity index (χ4v) is 11.9. The predicted molar refractivity (Wildman–Crippen MR) is 264 cm³/mol. The topological polar surface area (TPSA) is 248 Å². The molecule has 4 heterocycles. The fraction of sp³-hybridized carbons (Fsp3) is 0.808. The van der Waals surface area contributed by atoms with Gasteiger partial charge in [-0.15, -0.1) is 5.10 Å². The second-order valence-electron chi connectivity index (χ2n) is 22.0. The van der Waals surface area contributed by atoms with Crippen molar-refractivity contribution in [2.24, 2.45) is 23.7 Å². The standard InChI is InChI=1S/C52H86FN5O14/c1-15-40-52(10,66)44(60)32(6)57(12)26-28(2)23-50(8,65)46(30(4)41(31(5)48(64)71-40)39-24-51(9,68-14)45(61)33(7)70-39)72-49-42(59)37(22-29(3)69-49)56(11)21-20-36-27-58(55-54-36)38(25-53)43(67-13)34-16-18-35(19-17-34)47(62)63/h16-19,27-33,37-46,49,59-61,65-66H,15,20-26H2,1-14H3,(H,62,63)/t28-,29-,30+,31-,32-,33+,37+,38-,39-,40-,41?,42-,43-,44-,45+,46-,49+,50-,51-,52-/m1/s1. The zero-order valence-electron chi connectivity index (χ0n) is 44.9. The molecule has 0 saturated carbocycles. The summed E-state index contributed by atoms with van der Waals surface area (Å²) in [7, 11) is 6.65. The van der Waals surface area contributed by atoms with E-state index in [2.05, 4.69) is 10.3 Å². The van der Waals surface area contributed by atoms with Gasteiger partial charge >= 0.3 is 11.9 Å². The normalized spacial score (nSPS) is 40.0. The lowest BCUT2D eigenvalue weighted by Gasteiger charge is -2.51. The van der Waals surface area contributed by atoms with Crippen LogP contribution in [0.4, 0.5) is 4.39 Å². The Bertz CT molecular complexity index is 2050. The molecule has 1 unspecified atom stereocenters. The van der Waals surface area contributed by atoms with E-state index in [-0.39, 0.29) is 30.7 Å². The maximum absolute atomic E-state index is 14.7. The van der Waals surface area contributed by atoms with E-state index in [0.717, 1.165) is 0 Å². The molecule has 3 fully saturated rings. The molecule has 3 saturated heterocycles. The molecule has 6 N–H and O–H groups in total. The molecule has 19 nitrogen and oxygen atoms in total. The molecule has 5 rings (SSSR count). The van der Waals surface area contributed by atoms with Gasteiger partial charge in [-0.25, -0.2) is 13.9 Å². The van der Waals surface area contributed by atoms with Gasteiger partial charge in [0.1, 0.15) is 48.8 Å². The lowest BCUT2D eigenvalue weighted by atomic mass is 9.68. The molecule has 0 radical (unpaired) electrons. The van der Waals surface area contributed by atoms with Crippen molar-refractivity contribution in [1.82, 2.24) is 24.8 Å². The molecule has 1 aromatic carbocycles. The highest BCUT2D eigenvalue weighted by molar-refractivity contribution is 5.87. The average molecular weight is 1020 g/mol. The van der Waals surface area contributed by atoms with Gasteiger partial charge in [0.15, 0.2) is 6.29 Å². The molecule has 0 bridgehead atoms. The van der Waals surface area contributed by atoms with Gasteiger partial charge in [-0.05, 0) is 104 Å². The minimum Gasteiger partial charge on any atom is -0.478 e. The Morgan fingerprint density at radius 3 is 2.24 bits per heavy atom. The molecule has 0 amide bonds. The lowest BCUT2D eigenvalue weighted by Crippen LogP contribution is -2.62. The molecule has 3 aliphatic rings. The minimum atomic E-state index is -1.84. The van der Waals surface area contributed by atoms with Crippen LogP contribution in [0.2, 0.25) is 0 Å². The van der Waals surface area contributed by atoms with Gasteiger partial charge in [0.25, 0.3) is 0 Å². The van der Waals surface area contributed by atoms with Gasteiger partial charge in [-0.1, -0.05) is 45.0 Å². The molecule has 3 aliphatic heterocycles. The summed E-state index contributed by atoms with van der Waals surface area (Å²) in [6, 6.07) is 4.06. The summed E-state index contributed by atoms with van der Waals surface area (Å²) in [4.78, 5) is 29.9.